The van der Waals surface area contributed by atoms with Gasteiger partial charge in [-0.3, -0.25) is 10.1 Å². The zero-order chi connectivity index (χ0) is 16.5. The molecule has 0 aliphatic carbocycles. The summed E-state index contributed by atoms with van der Waals surface area (Å²) in [6, 6.07) is 3.68. The van der Waals surface area contributed by atoms with Crippen molar-refractivity contribution in [2.75, 3.05) is 26.2 Å². The SMILES string of the molecule is CCCNC(=O)NC(=O)C[NH+](Cc1cccs1)C[C@@H]1CCCO1. The van der Waals surface area contributed by atoms with Gasteiger partial charge in [0, 0.05) is 13.2 Å². The maximum absolute atomic E-state index is 12.1. The summed E-state index contributed by atoms with van der Waals surface area (Å²) in [6.45, 7) is 5.20. The summed E-state index contributed by atoms with van der Waals surface area (Å²) < 4.78 is 5.69. The van der Waals surface area contributed by atoms with Crippen LogP contribution in [0, 0.1) is 0 Å². The second-order valence-corrected chi connectivity index (χ2v) is 6.86. The van der Waals surface area contributed by atoms with Gasteiger partial charge in [0.15, 0.2) is 6.54 Å². The van der Waals surface area contributed by atoms with Crippen LogP contribution in [0.4, 0.5) is 4.79 Å². The molecule has 1 aliphatic rings. The smallest absolute Gasteiger partial charge is 0.321 e. The number of rotatable bonds is 8. The number of carbonyl (C=O) groups excluding carboxylic acids is 2. The van der Waals surface area contributed by atoms with Gasteiger partial charge in [0.05, 0.1) is 4.88 Å². The van der Waals surface area contributed by atoms with E-state index in [1.54, 1.807) is 11.3 Å². The quantitative estimate of drug-likeness (QED) is 0.647. The molecule has 1 unspecified atom stereocenters. The first-order valence-electron chi connectivity index (χ1n) is 8.22. The number of quaternary nitrogens is 1. The summed E-state index contributed by atoms with van der Waals surface area (Å²) in [6.07, 6.45) is 3.19. The molecule has 0 spiro atoms. The summed E-state index contributed by atoms with van der Waals surface area (Å²) in [4.78, 5) is 26.0. The van der Waals surface area contributed by atoms with E-state index < -0.39 is 6.03 Å². The number of imide groups is 1. The highest BCUT2D eigenvalue weighted by Crippen LogP contribution is 2.10. The van der Waals surface area contributed by atoms with Gasteiger partial charge in [-0.15, -0.1) is 11.3 Å². The van der Waals surface area contributed by atoms with Gasteiger partial charge < -0.3 is 15.0 Å². The molecule has 1 aromatic rings. The number of urea groups is 1. The van der Waals surface area contributed by atoms with Gasteiger partial charge in [-0.05, 0) is 30.7 Å². The summed E-state index contributed by atoms with van der Waals surface area (Å²) in [5.41, 5.74) is 0. The lowest BCUT2D eigenvalue weighted by atomic mass is 10.2. The molecule has 1 aromatic heterocycles. The largest absolute Gasteiger partial charge is 0.372 e. The fourth-order valence-electron chi connectivity index (χ4n) is 2.67. The topological polar surface area (TPSA) is 71.9 Å². The normalized spacial score (nSPS) is 18.6. The van der Waals surface area contributed by atoms with Crippen LogP contribution in [0.1, 0.15) is 31.1 Å². The van der Waals surface area contributed by atoms with Gasteiger partial charge in [-0.25, -0.2) is 4.79 Å². The molecule has 1 saturated heterocycles. The summed E-state index contributed by atoms with van der Waals surface area (Å²) in [7, 11) is 0. The molecule has 2 atom stereocenters. The van der Waals surface area contributed by atoms with Crippen molar-refractivity contribution >= 4 is 23.3 Å². The van der Waals surface area contributed by atoms with Crippen molar-refractivity contribution in [1.82, 2.24) is 10.6 Å². The third-order valence-corrected chi connectivity index (χ3v) is 4.62. The lowest BCUT2D eigenvalue weighted by molar-refractivity contribution is -0.908. The lowest BCUT2D eigenvalue weighted by Gasteiger charge is -2.21. The third kappa shape index (κ3) is 6.68. The molecule has 2 heterocycles. The Morgan fingerprint density at radius 3 is 3.00 bits per heavy atom. The Bertz CT molecular complexity index is 487. The van der Waals surface area contributed by atoms with Crippen LogP contribution in [0.15, 0.2) is 17.5 Å². The number of ether oxygens (including phenoxy) is 1. The highest BCUT2D eigenvalue weighted by atomic mass is 32.1. The Morgan fingerprint density at radius 2 is 2.35 bits per heavy atom. The first-order valence-corrected chi connectivity index (χ1v) is 9.10. The van der Waals surface area contributed by atoms with Crippen LogP contribution in [0.3, 0.4) is 0 Å². The average Bonchev–Trinajstić information content (AvgIpc) is 3.18. The molecule has 6 nitrogen and oxygen atoms in total. The molecule has 1 fully saturated rings. The Morgan fingerprint density at radius 1 is 1.48 bits per heavy atom. The zero-order valence-corrected chi connectivity index (χ0v) is 14.4. The summed E-state index contributed by atoms with van der Waals surface area (Å²) in [5.74, 6) is -0.247. The van der Waals surface area contributed by atoms with E-state index in [0.717, 1.165) is 43.9 Å². The number of nitrogens with one attached hydrogen (secondary N) is 3. The number of hydrogen-bond acceptors (Lipinski definition) is 4. The molecule has 2 rings (SSSR count). The van der Waals surface area contributed by atoms with E-state index in [1.807, 2.05) is 18.4 Å². The first-order chi connectivity index (χ1) is 11.2. The van der Waals surface area contributed by atoms with E-state index >= 15 is 0 Å². The highest BCUT2D eigenvalue weighted by molar-refractivity contribution is 7.09. The molecule has 0 aromatic carbocycles. The Labute approximate surface area is 141 Å². The lowest BCUT2D eigenvalue weighted by Crippen LogP contribution is -3.13. The van der Waals surface area contributed by atoms with Gasteiger partial charge in [0.25, 0.3) is 5.91 Å². The van der Waals surface area contributed by atoms with E-state index in [9.17, 15) is 9.59 Å². The first kappa shape index (κ1) is 17.9. The van der Waals surface area contributed by atoms with Crippen molar-refractivity contribution in [3.8, 4) is 0 Å². The van der Waals surface area contributed by atoms with E-state index in [-0.39, 0.29) is 18.6 Å². The maximum Gasteiger partial charge on any atom is 0.321 e. The van der Waals surface area contributed by atoms with Crippen molar-refractivity contribution in [1.29, 1.82) is 0 Å². The van der Waals surface area contributed by atoms with Gasteiger partial charge in [-0.1, -0.05) is 13.0 Å². The van der Waals surface area contributed by atoms with Gasteiger partial charge in [-0.2, -0.15) is 0 Å². The minimum absolute atomic E-state index is 0.215. The minimum atomic E-state index is -0.413. The van der Waals surface area contributed by atoms with Gasteiger partial charge >= 0.3 is 6.03 Å². The molecule has 0 bridgehead atoms. The molecule has 0 saturated carbocycles. The molecule has 1 aliphatic heterocycles. The van der Waals surface area contributed by atoms with Crippen molar-refractivity contribution in [2.45, 2.75) is 38.8 Å². The number of hydrogen-bond donors (Lipinski definition) is 3. The van der Waals surface area contributed by atoms with Gasteiger partial charge in [0.2, 0.25) is 0 Å². The van der Waals surface area contributed by atoms with E-state index in [0.29, 0.717) is 6.54 Å². The second kappa shape index (κ2) is 9.64. The van der Waals surface area contributed by atoms with Crippen LogP contribution in [-0.2, 0) is 16.1 Å². The minimum Gasteiger partial charge on any atom is -0.372 e. The number of carbonyl (C=O) groups is 2. The van der Waals surface area contributed by atoms with Crippen LogP contribution in [-0.4, -0.2) is 44.3 Å². The molecule has 7 heteroatoms. The second-order valence-electron chi connectivity index (χ2n) is 5.83. The van der Waals surface area contributed by atoms with Crippen molar-refractivity contribution in [3.05, 3.63) is 22.4 Å². The Balaban J connectivity index is 1.85. The summed E-state index contributed by atoms with van der Waals surface area (Å²) in [5, 5.41) is 7.09. The number of amides is 3. The third-order valence-electron chi connectivity index (χ3n) is 3.74. The molecule has 0 radical (unpaired) electrons. The van der Waals surface area contributed by atoms with Crippen LogP contribution < -0.4 is 15.5 Å². The van der Waals surface area contributed by atoms with Gasteiger partial charge in [0.1, 0.15) is 19.2 Å². The van der Waals surface area contributed by atoms with E-state index in [2.05, 4.69) is 16.7 Å². The Hall–Kier alpha value is -1.44. The van der Waals surface area contributed by atoms with E-state index in [4.69, 9.17) is 4.74 Å². The van der Waals surface area contributed by atoms with E-state index in [1.165, 1.54) is 4.88 Å². The number of thiophene rings is 1. The molecular formula is C16H26N3O3S+. The maximum atomic E-state index is 12.1. The predicted molar refractivity (Wildman–Crippen MR) is 89.5 cm³/mol. The molecule has 3 N–H and O–H groups in total. The molecule has 128 valence electrons. The van der Waals surface area contributed by atoms with Crippen LogP contribution in [0.2, 0.25) is 0 Å². The Kier molecular flexibility index (Phi) is 7.51. The fraction of sp³-hybridized carbons (Fsp3) is 0.625. The average molecular weight is 340 g/mol. The van der Waals surface area contributed by atoms with Crippen molar-refractivity contribution in [2.24, 2.45) is 0 Å². The van der Waals surface area contributed by atoms with Crippen LogP contribution in [0.5, 0.6) is 0 Å². The standard InChI is InChI=1S/C16H25N3O3S/c1-2-7-17-16(21)18-15(20)12-19(10-13-5-3-8-22-13)11-14-6-4-9-23-14/h4,6,9,13H,2-3,5,7-8,10-12H2,1H3,(H2,17,18,20,21)/p+1/t13-/m0/s1. The van der Waals surface area contributed by atoms with Crippen molar-refractivity contribution in [3.63, 3.8) is 0 Å². The molecular weight excluding hydrogens is 314 g/mol. The molecule has 3 amide bonds. The van der Waals surface area contributed by atoms with Crippen LogP contribution in [0.25, 0.3) is 0 Å². The van der Waals surface area contributed by atoms with Crippen LogP contribution >= 0.6 is 11.3 Å². The highest BCUT2D eigenvalue weighted by Gasteiger charge is 2.24. The fourth-order valence-corrected chi connectivity index (χ4v) is 3.45. The zero-order valence-electron chi connectivity index (χ0n) is 13.6. The monoisotopic (exact) mass is 340 g/mol. The van der Waals surface area contributed by atoms with Crippen molar-refractivity contribution < 1.29 is 19.2 Å². The summed E-state index contributed by atoms with van der Waals surface area (Å²) >= 11 is 1.69. The predicted octanol–water partition coefficient (Wildman–Crippen LogP) is 0.548. The molecule has 23 heavy (non-hydrogen) atoms.